The molecule has 0 amide bonds. The molecule has 0 unspecified atom stereocenters. The van der Waals surface area contributed by atoms with Crippen molar-refractivity contribution in [3.05, 3.63) is 47.0 Å². The quantitative estimate of drug-likeness (QED) is 0.646. The number of fused-ring (bicyclic) bond motifs is 3. The summed E-state index contributed by atoms with van der Waals surface area (Å²) in [5.74, 6) is 0.813. The summed E-state index contributed by atoms with van der Waals surface area (Å²) >= 11 is 6.06. The number of H-pyrrole nitrogens is 1. The molecular formula is C15H14ClN5. The second kappa shape index (κ2) is 5.54. The number of halogens is 1. The Balaban J connectivity index is 1.98. The number of benzene rings is 1. The molecule has 0 radical (unpaired) electrons. The number of hydrogen-bond acceptors (Lipinski definition) is 4. The van der Waals surface area contributed by atoms with Gasteiger partial charge < -0.3 is 15.7 Å². The average Bonchev–Trinajstić information content (AvgIpc) is 2.90. The molecule has 0 atom stereocenters. The molecule has 2 heterocycles. The van der Waals surface area contributed by atoms with Crippen LogP contribution >= 0.6 is 11.6 Å². The summed E-state index contributed by atoms with van der Waals surface area (Å²) in [6.45, 7) is 2.42. The smallest absolute Gasteiger partial charge is 0.126 e. The molecule has 0 saturated heterocycles. The number of aromatic nitrogens is 3. The molecule has 3 aromatic rings. The molecule has 0 bridgehead atoms. The molecular weight excluding hydrogens is 286 g/mol. The molecule has 3 N–H and O–H groups in total. The van der Waals surface area contributed by atoms with Crippen LogP contribution in [-0.4, -0.2) is 21.2 Å². The van der Waals surface area contributed by atoms with E-state index in [4.69, 9.17) is 17.0 Å². The number of imidazole rings is 1. The zero-order valence-corrected chi connectivity index (χ0v) is 12.2. The minimum absolute atomic E-state index is 0.557. The van der Waals surface area contributed by atoms with Gasteiger partial charge in [0.2, 0.25) is 0 Å². The topological polar surface area (TPSA) is 77.5 Å². The van der Waals surface area contributed by atoms with Crippen LogP contribution in [0.15, 0.2) is 36.2 Å². The molecule has 2 aromatic heterocycles. The summed E-state index contributed by atoms with van der Waals surface area (Å²) in [4.78, 5) is 12.2. The van der Waals surface area contributed by atoms with Crippen LogP contribution in [0.25, 0.3) is 21.9 Å². The van der Waals surface area contributed by atoms with Crippen LogP contribution in [0.1, 0.15) is 12.7 Å². The van der Waals surface area contributed by atoms with Crippen molar-refractivity contribution in [3.8, 4) is 0 Å². The van der Waals surface area contributed by atoms with E-state index in [0.717, 1.165) is 33.3 Å². The normalized spacial score (nSPS) is 12.0. The lowest BCUT2D eigenvalue weighted by Gasteiger charge is -1.99. The molecule has 0 fully saturated rings. The number of nitrogens with one attached hydrogen (secondary N) is 3. The fourth-order valence-electron chi connectivity index (χ4n) is 2.12. The molecule has 0 spiro atoms. The van der Waals surface area contributed by atoms with Gasteiger partial charge in [0.05, 0.1) is 23.8 Å². The van der Waals surface area contributed by atoms with E-state index in [1.807, 2.05) is 25.1 Å². The van der Waals surface area contributed by atoms with Crippen molar-refractivity contribution in [1.29, 1.82) is 5.41 Å². The first-order valence-corrected chi connectivity index (χ1v) is 6.88. The molecule has 0 aliphatic rings. The Hall–Kier alpha value is -2.40. The van der Waals surface area contributed by atoms with Gasteiger partial charge in [-0.3, -0.25) is 4.98 Å². The molecule has 5 nitrogen and oxygen atoms in total. The van der Waals surface area contributed by atoms with Crippen LogP contribution in [-0.2, 0) is 6.54 Å². The number of aromatic amines is 1. The van der Waals surface area contributed by atoms with Crippen molar-refractivity contribution < 1.29 is 0 Å². The Morgan fingerprint density at radius 2 is 2.29 bits per heavy atom. The van der Waals surface area contributed by atoms with E-state index < -0.39 is 0 Å². The first kappa shape index (κ1) is 13.6. The predicted molar refractivity (Wildman–Crippen MR) is 85.8 cm³/mol. The Morgan fingerprint density at radius 3 is 3.10 bits per heavy atom. The van der Waals surface area contributed by atoms with E-state index >= 15 is 0 Å². The minimum Gasteiger partial charge on any atom is -0.383 e. The second-order valence-corrected chi connectivity index (χ2v) is 5.21. The summed E-state index contributed by atoms with van der Waals surface area (Å²) < 4.78 is 0. The molecule has 0 aliphatic carbocycles. The van der Waals surface area contributed by atoms with Crippen LogP contribution in [0, 0.1) is 5.41 Å². The summed E-state index contributed by atoms with van der Waals surface area (Å²) in [5, 5.41) is 11.9. The van der Waals surface area contributed by atoms with E-state index in [9.17, 15) is 0 Å². The van der Waals surface area contributed by atoms with Gasteiger partial charge in [-0.25, -0.2) is 4.98 Å². The molecule has 0 saturated carbocycles. The van der Waals surface area contributed by atoms with Crippen molar-refractivity contribution >= 4 is 39.8 Å². The third-order valence-corrected chi connectivity index (χ3v) is 3.40. The maximum absolute atomic E-state index is 7.11. The molecule has 106 valence electrons. The van der Waals surface area contributed by atoms with Gasteiger partial charge in [0.25, 0.3) is 0 Å². The Kier molecular flexibility index (Phi) is 3.58. The molecule has 21 heavy (non-hydrogen) atoms. The largest absolute Gasteiger partial charge is 0.383 e. The number of rotatable bonds is 4. The van der Waals surface area contributed by atoms with Crippen molar-refractivity contribution in [1.82, 2.24) is 20.3 Å². The lowest BCUT2D eigenvalue weighted by atomic mass is 10.2. The monoisotopic (exact) mass is 299 g/mol. The van der Waals surface area contributed by atoms with Gasteiger partial charge in [0, 0.05) is 22.8 Å². The van der Waals surface area contributed by atoms with Crippen LogP contribution in [0.3, 0.4) is 0 Å². The number of allylic oxidation sites excluding steroid dienone is 1. The summed E-state index contributed by atoms with van der Waals surface area (Å²) in [6, 6.07) is 5.61. The summed E-state index contributed by atoms with van der Waals surface area (Å²) in [7, 11) is 0. The van der Waals surface area contributed by atoms with Gasteiger partial charge in [-0.05, 0) is 30.7 Å². The fraction of sp³-hybridized carbons (Fsp3) is 0.133. The highest BCUT2D eigenvalue weighted by Gasteiger charge is 2.07. The Morgan fingerprint density at radius 1 is 1.43 bits per heavy atom. The van der Waals surface area contributed by atoms with E-state index in [2.05, 4.69) is 20.3 Å². The van der Waals surface area contributed by atoms with E-state index in [0.29, 0.717) is 11.6 Å². The number of nitrogens with zero attached hydrogens (tertiary/aromatic N) is 2. The second-order valence-electron chi connectivity index (χ2n) is 4.78. The van der Waals surface area contributed by atoms with E-state index in [-0.39, 0.29) is 0 Å². The highest BCUT2D eigenvalue weighted by atomic mass is 35.5. The summed E-state index contributed by atoms with van der Waals surface area (Å²) in [5.41, 5.74) is 3.49. The van der Waals surface area contributed by atoms with Crippen molar-refractivity contribution in [2.24, 2.45) is 0 Å². The van der Waals surface area contributed by atoms with Gasteiger partial charge in [-0.1, -0.05) is 11.6 Å². The maximum atomic E-state index is 7.11. The van der Waals surface area contributed by atoms with Crippen molar-refractivity contribution in [3.63, 3.8) is 0 Å². The minimum atomic E-state index is 0.557. The first-order valence-electron chi connectivity index (χ1n) is 6.51. The van der Waals surface area contributed by atoms with E-state index in [1.54, 1.807) is 12.4 Å². The zero-order chi connectivity index (χ0) is 14.8. The van der Waals surface area contributed by atoms with E-state index in [1.165, 1.54) is 6.21 Å². The van der Waals surface area contributed by atoms with Gasteiger partial charge in [0.15, 0.2) is 0 Å². The molecule has 1 aromatic carbocycles. The van der Waals surface area contributed by atoms with Gasteiger partial charge in [0.1, 0.15) is 11.3 Å². The standard InChI is InChI=1S/C15H14ClN5/c1-9(5-17)6-18-8-14-20-13-7-19-12-3-2-10(16)4-11(12)15(13)21-14/h2-7,17-18H,8H2,1H3,(H,20,21)/b9-6-,17-5?. The third kappa shape index (κ3) is 2.73. The Labute approximate surface area is 126 Å². The van der Waals surface area contributed by atoms with Crippen LogP contribution in [0.5, 0.6) is 0 Å². The van der Waals surface area contributed by atoms with Crippen LogP contribution < -0.4 is 5.32 Å². The average molecular weight is 300 g/mol. The molecule has 3 rings (SSSR count). The first-order chi connectivity index (χ1) is 10.2. The van der Waals surface area contributed by atoms with Crippen molar-refractivity contribution in [2.45, 2.75) is 13.5 Å². The predicted octanol–water partition coefficient (Wildman–Crippen LogP) is 3.41. The molecule has 6 heteroatoms. The van der Waals surface area contributed by atoms with Crippen LogP contribution in [0.4, 0.5) is 0 Å². The van der Waals surface area contributed by atoms with Gasteiger partial charge >= 0.3 is 0 Å². The number of pyridine rings is 1. The van der Waals surface area contributed by atoms with Crippen LogP contribution in [0.2, 0.25) is 5.02 Å². The van der Waals surface area contributed by atoms with Gasteiger partial charge in [-0.2, -0.15) is 0 Å². The van der Waals surface area contributed by atoms with Gasteiger partial charge in [-0.15, -0.1) is 0 Å². The fourth-order valence-corrected chi connectivity index (χ4v) is 2.29. The lowest BCUT2D eigenvalue weighted by Crippen LogP contribution is -2.07. The summed E-state index contributed by atoms with van der Waals surface area (Å²) in [6.07, 6.45) is 4.84. The van der Waals surface area contributed by atoms with Crippen molar-refractivity contribution in [2.75, 3.05) is 0 Å². The highest BCUT2D eigenvalue weighted by Crippen LogP contribution is 2.24. The zero-order valence-electron chi connectivity index (χ0n) is 11.4. The SMILES string of the molecule is C/C(C=N)=C/NCc1nc2cnc3ccc(Cl)cc3c2[nH]1. The lowest BCUT2D eigenvalue weighted by molar-refractivity contribution is 0.813. The number of hydrogen-bond donors (Lipinski definition) is 3. The molecule has 0 aliphatic heterocycles. The maximum Gasteiger partial charge on any atom is 0.126 e. The third-order valence-electron chi connectivity index (χ3n) is 3.16. The Bertz CT molecular complexity index is 850. The highest BCUT2D eigenvalue weighted by molar-refractivity contribution is 6.31.